The van der Waals surface area contributed by atoms with E-state index in [-0.39, 0.29) is 24.2 Å². The molecule has 6 nitrogen and oxygen atoms in total. The smallest absolute Gasteiger partial charge is 0.326 e. The van der Waals surface area contributed by atoms with E-state index in [1.54, 1.807) is 7.05 Å². The SMILES string of the molecule is CN1CC(C(=O)N2CCCC2C(=O)O)CC1=O. The van der Waals surface area contributed by atoms with Crippen molar-refractivity contribution in [2.24, 2.45) is 5.92 Å². The molecule has 2 aliphatic heterocycles. The minimum Gasteiger partial charge on any atom is -0.480 e. The Hall–Kier alpha value is -1.59. The molecule has 6 heteroatoms. The Morgan fingerprint density at radius 1 is 1.41 bits per heavy atom. The van der Waals surface area contributed by atoms with Crippen LogP contribution in [0.3, 0.4) is 0 Å². The molecular formula is C11H16N2O4. The molecule has 0 spiro atoms. The number of aliphatic carboxylic acids is 1. The summed E-state index contributed by atoms with van der Waals surface area (Å²) in [6.07, 6.45) is 1.44. The van der Waals surface area contributed by atoms with Crippen molar-refractivity contribution in [2.45, 2.75) is 25.3 Å². The topological polar surface area (TPSA) is 77.9 Å². The fraction of sp³-hybridized carbons (Fsp3) is 0.727. The summed E-state index contributed by atoms with van der Waals surface area (Å²) in [4.78, 5) is 37.4. The molecule has 0 aromatic rings. The molecule has 0 aromatic heterocycles. The second-order valence-corrected chi connectivity index (χ2v) is 4.70. The quantitative estimate of drug-likeness (QED) is 0.708. The van der Waals surface area contributed by atoms with E-state index < -0.39 is 12.0 Å². The molecule has 0 aliphatic carbocycles. The molecule has 2 saturated heterocycles. The highest BCUT2D eigenvalue weighted by Crippen LogP contribution is 2.24. The first-order valence-electron chi connectivity index (χ1n) is 5.78. The lowest BCUT2D eigenvalue weighted by molar-refractivity contribution is -0.149. The molecule has 0 aromatic carbocycles. The highest BCUT2D eigenvalue weighted by atomic mass is 16.4. The van der Waals surface area contributed by atoms with Crippen molar-refractivity contribution in [3.05, 3.63) is 0 Å². The average molecular weight is 240 g/mol. The standard InChI is InChI=1S/C11H16N2O4/c1-12-6-7(5-9(12)14)10(15)13-4-2-3-8(13)11(16)17/h7-8H,2-6H2,1H3,(H,16,17). The van der Waals surface area contributed by atoms with Gasteiger partial charge in [-0.2, -0.15) is 0 Å². The van der Waals surface area contributed by atoms with E-state index in [4.69, 9.17) is 5.11 Å². The van der Waals surface area contributed by atoms with Gasteiger partial charge in [0.05, 0.1) is 5.92 Å². The number of carboxylic acid groups (broad SMARTS) is 1. The maximum absolute atomic E-state index is 12.1. The molecule has 0 saturated carbocycles. The molecule has 2 heterocycles. The Morgan fingerprint density at radius 2 is 2.12 bits per heavy atom. The summed E-state index contributed by atoms with van der Waals surface area (Å²) in [5, 5.41) is 9.01. The molecule has 2 rings (SSSR count). The van der Waals surface area contributed by atoms with Crippen molar-refractivity contribution in [2.75, 3.05) is 20.1 Å². The van der Waals surface area contributed by atoms with Crippen molar-refractivity contribution in [1.29, 1.82) is 0 Å². The van der Waals surface area contributed by atoms with Crippen LogP contribution < -0.4 is 0 Å². The molecule has 2 atom stereocenters. The Balaban J connectivity index is 2.05. The molecule has 17 heavy (non-hydrogen) atoms. The summed E-state index contributed by atoms with van der Waals surface area (Å²) in [5.74, 6) is -1.55. The predicted octanol–water partition coefficient (Wildman–Crippen LogP) is -0.460. The van der Waals surface area contributed by atoms with Gasteiger partial charge in [0, 0.05) is 26.6 Å². The number of carboxylic acids is 1. The lowest BCUT2D eigenvalue weighted by Crippen LogP contribution is -2.44. The zero-order valence-electron chi connectivity index (χ0n) is 9.76. The Kier molecular flexibility index (Phi) is 3.04. The summed E-state index contributed by atoms with van der Waals surface area (Å²) in [6.45, 7) is 0.894. The first-order chi connectivity index (χ1) is 8.00. The van der Waals surface area contributed by atoms with Crippen LogP contribution in [0.5, 0.6) is 0 Å². The van der Waals surface area contributed by atoms with Gasteiger partial charge in [-0.1, -0.05) is 0 Å². The van der Waals surface area contributed by atoms with Crippen molar-refractivity contribution in [3.8, 4) is 0 Å². The van der Waals surface area contributed by atoms with Crippen LogP contribution in [0.1, 0.15) is 19.3 Å². The third-order valence-corrected chi connectivity index (χ3v) is 3.51. The van der Waals surface area contributed by atoms with Gasteiger partial charge < -0.3 is 14.9 Å². The van der Waals surface area contributed by atoms with E-state index in [2.05, 4.69) is 0 Å². The molecule has 94 valence electrons. The maximum Gasteiger partial charge on any atom is 0.326 e. The lowest BCUT2D eigenvalue weighted by Gasteiger charge is -2.24. The molecule has 2 unspecified atom stereocenters. The molecule has 0 bridgehead atoms. The van der Waals surface area contributed by atoms with Crippen molar-refractivity contribution in [3.63, 3.8) is 0 Å². The monoisotopic (exact) mass is 240 g/mol. The summed E-state index contributed by atoms with van der Waals surface area (Å²) in [7, 11) is 1.66. The van der Waals surface area contributed by atoms with Crippen molar-refractivity contribution < 1.29 is 19.5 Å². The molecule has 2 aliphatic rings. The molecule has 2 fully saturated rings. The van der Waals surface area contributed by atoms with E-state index in [1.165, 1.54) is 9.80 Å². The summed E-state index contributed by atoms with van der Waals surface area (Å²) in [5.41, 5.74) is 0. The average Bonchev–Trinajstić information content (AvgIpc) is 2.85. The molecule has 1 N–H and O–H groups in total. The van der Waals surface area contributed by atoms with E-state index >= 15 is 0 Å². The molecular weight excluding hydrogens is 224 g/mol. The van der Waals surface area contributed by atoms with Crippen molar-refractivity contribution in [1.82, 2.24) is 9.80 Å². The highest BCUT2D eigenvalue weighted by Gasteiger charge is 2.40. The van der Waals surface area contributed by atoms with E-state index in [0.717, 1.165) is 6.42 Å². The third-order valence-electron chi connectivity index (χ3n) is 3.51. The van der Waals surface area contributed by atoms with E-state index in [1.807, 2.05) is 0 Å². The Labute approximate surface area is 99.2 Å². The van der Waals surface area contributed by atoms with Gasteiger partial charge in [0.15, 0.2) is 0 Å². The second-order valence-electron chi connectivity index (χ2n) is 4.70. The van der Waals surface area contributed by atoms with Crippen LogP contribution in [-0.2, 0) is 14.4 Å². The Bertz CT molecular complexity index is 368. The summed E-state index contributed by atoms with van der Waals surface area (Å²) < 4.78 is 0. The molecule has 0 radical (unpaired) electrons. The Morgan fingerprint density at radius 3 is 2.65 bits per heavy atom. The van der Waals surface area contributed by atoms with Crippen LogP contribution in [0.25, 0.3) is 0 Å². The number of hydrogen-bond donors (Lipinski definition) is 1. The van der Waals surface area contributed by atoms with Crippen LogP contribution >= 0.6 is 0 Å². The van der Waals surface area contributed by atoms with Gasteiger partial charge >= 0.3 is 5.97 Å². The van der Waals surface area contributed by atoms with Gasteiger partial charge in [0.2, 0.25) is 11.8 Å². The number of likely N-dealkylation sites (tertiary alicyclic amines) is 2. The zero-order valence-corrected chi connectivity index (χ0v) is 9.76. The van der Waals surface area contributed by atoms with Gasteiger partial charge in [-0.3, -0.25) is 9.59 Å². The first-order valence-corrected chi connectivity index (χ1v) is 5.78. The number of amides is 2. The van der Waals surface area contributed by atoms with Crippen LogP contribution in [0, 0.1) is 5.92 Å². The number of rotatable bonds is 2. The minimum absolute atomic E-state index is 0.0468. The van der Waals surface area contributed by atoms with Gasteiger partial charge in [0.1, 0.15) is 6.04 Å². The number of hydrogen-bond acceptors (Lipinski definition) is 3. The summed E-state index contributed by atoms with van der Waals surface area (Å²) >= 11 is 0. The van der Waals surface area contributed by atoms with Gasteiger partial charge in [0.25, 0.3) is 0 Å². The number of carbonyl (C=O) groups is 3. The number of carbonyl (C=O) groups excluding carboxylic acids is 2. The highest BCUT2D eigenvalue weighted by molar-refractivity contribution is 5.91. The third kappa shape index (κ3) is 2.11. The van der Waals surface area contributed by atoms with Crippen LogP contribution in [0.15, 0.2) is 0 Å². The van der Waals surface area contributed by atoms with Gasteiger partial charge in [-0.05, 0) is 12.8 Å². The molecule has 2 amide bonds. The summed E-state index contributed by atoms with van der Waals surface area (Å²) in [6, 6.07) is -0.705. The normalized spacial score (nSPS) is 28.9. The van der Waals surface area contributed by atoms with E-state index in [9.17, 15) is 14.4 Å². The zero-order chi connectivity index (χ0) is 12.6. The fourth-order valence-electron chi connectivity index (χ4n) is 2.55. The van der Waals surface area contributed by atoms with Crippen LogP contribution in [0.4, 0.5) is 0 Å². The van der Waals surface area contributed by atoms with Crippen molar-refractivity contribution >= 4 is 17.8 Å². The lowest BCUT2D eigenvalue weighted by atomic mass is 10.1. The number of nitrogens with zero attached hydrogens (tertiary/aromatic N) is 2. The van der Waals surface area contributed by atoms with E-state index in [0.29, 0.717) is 19.5 Å². The fourth-order valence-corrected chi connectivity index (χ4v) is 2.55. The predicted molar refractivity (Wildman–Crippen MR) is 58.1 cm³/mol. The largest absolute Gasteiger partial charge is 0.480 e. The van der Waals surface area contributed by atoms with Crippen LogP contribution in [0.2, 0.25) is 0 Å². The first kappa shape index (κ1) is 11.9. The second kappa shape index (κ2) is 4.35. The van der Waals surface area contributed by atoms with Crippen LogP contribution in [-0.4, -0.2) is 58.9 Å². The minimum atomic E-state index is -0.950. The van der Waals surface area contributed by atoms with Gasteiger partial charge in [-0.25, -0.2) is 4.79 Å². The van der Waals surface area contributed by atoms with Gasteiger partial charge in [-0.15, -0.1) is 0 Å². The maximum atomic E-state index is 12.1.